The number of sulfonamides is 1. The predicted molar refractivity (Wildman–Crippen MR) is 119 cm³/mol. The third-order valence-electron chi connectivity index (χ3n) is 5.44. The molecule has 0 unspecified atom stereocenters. The fourth-order valence-corrected chi connectivity index (χ4v) is 5.76. The third kappa shape index (κ3) is 4.75. The molecule has 0 bridgehead atoms. The van der Waals surface area contributed by atoms with Crippen LogP contribution in [0.15, 0.2) is 54.7 Å². The number of benzene rings is 1. The highest BCUT2D eigenvalue weighted by atomic mass is 32.2. The van der Waals surface area contributed by atoms with Crippen LogP contribution in [0.1, 0.15) is 41.4 Å². The molecule has 3 heterocycles. The summed E-state index contributed by atoms with van der Waals surface area (Å²) in [7, 11) is -3.70. The van der Waals surface area contributed by atoms with Crippen molar-refractivity contribution in [1.82, 2.24) is 14.3 Å². The number of aromatic nitrogens is 2. The molecule has 1 saturated heterocycles. The second-order valence-corrected chi connectivity index (χ2v) is 9.75. The number of aryl methyl sites for hydroxylation is 2. The van der Waals surface area contributed by atoms with Crippen LogP contribution < -0.4 is 5.32 Å². The van der Waals surface area contributed by atoms with Gasteiger partial charge in [0.25, 0.3) is 0 Å². The molecule has 0 amide bonds. The van der Waals surface area contributed by atoms with Crippen molar-refractivity contribution in [3.63, 3.8) is 0 Å². The molecule has 0 spiro atoms. The Kier molecular flexibility index (Phi) is 6.02. The number of anilines is 2. The molecule has 0 saturated carbocycles. The molecular formula is C23H25FN4O2S. The van der Waals surface area contributed by atoms with Crippen molar-refractivity contribution in [2.75, 3.05) is 11.9 Å². The van der Waals surface area contributed by atoms with Crippen molar-refractivity contribution in [2.45, 2.75) is 38.5 Å². The van der Waals surface area contributed by atoms with Crippen LogP contribution >= 0.6 is 0 Å². The number of halogens is 1. The van der Waals surface area contributed by atoms with E-state index in [9.17, 15) is 12.8 Å². The second-order valence-electron chi connectivity index (χ2n) is 7.83. The molecule has 3 aromatic rings. The van der Waals surface area contributed by atoms with Crippen LogP contribution in [-0.4, -0.2) is 29.2 Å². The van der Waals surface area contributed by atoms with Crippen molar-refractivity contribution in [2.24, 2.45) is 0 Å². The molecular weight excluding hydrogens is 415 g/mol. The average molecular weight is 441 g/mol. The van der Waals surface area contributed by atoms with Gasteiger partial charge in [0.1, 0.15) is 11.6 Å². The van der Waals surface area contributed by atoms with E-state index < -0.39 is 15.8 Å². The van der Waals surface area contributed by atoms with E-state index in [1.165, 1.54) is 16.4 Å². The summed E-state index contributed by atoms with van der Waals surface area (Å²) in [5.41, 5.74) is 3.46. The van der Waals surface area contributed by atoms with Gasteiger partial charge in [-0.25, -0.2) is 17.8 Å². The van der Waals surface area contributed by atoms with Crippen LogP contribution in [0.25, 0.3) is 0 Å². The number of nitrogens with one attached hydrogen (secondary N) is 1. The van der Waals surface area contributed by atoms with E-state index in [-0.39, 0.29) is 17.4 Å². The van der Waals surface area contributed by atoms with Gasteiger partial charge in [0, 0.05) is 29.7 Å². The van der Waals surface area contributed by atoms with E-state index in [4.69, 9.17) is 0 Å². The summed E-state index contributed by atoms with van der Waals surface area (Å²) in [6, 6.07) is 13.3. The van der Waals surface area contributed by atoms with Crippen LogP contribution in [0.3, 0.4) is 0 Å². The van der Waals surface area contributed by atoms with Gasteiger partial charge in [-0.05, 0) is 56.5 Å². The van der Waals surface area contributed by atoms with Crippen molar-refractivity contribution >= 4 is 21.5 Å². The Morgan fingerprint density at radius 3 is 2.74 bits per heavy atom. The Bertz CT molecular complexity index is 1200. The number of rotatable bonds is 6. The maximum atomic E-state index is 14.1. The number of pyridine rings is 2. The summed E-state index contributed by atoms with van der Waals surface area (Å²) in [6.07, 6.45) is 3.13. The molecule has 1 aliphatic rings. The minimum atomic E-state index is -3.70. The first-order chi connectivity index (χ1) is 14.8. The van der Waals surface area contributed by atoms with Gasteiger partial charge in [-0.2, -0.15) is 4.31 Å². The minimum absolute atomic E-state index is 0.179. The van der Waals surface area contributed by atoms with Crippen LogP contribution in [0.5, 0.6) is 0 Å². The lowest BCUT2D eigenvalue weighted by atomic mass is 10.1. The Morgan fingerprint density at radius 1 is 1.16 bits per heavy atom. The van der Waals surface area contributed by atoms with Crippen LogP contribution in [0.2, 0.25) is 0 Å². The van der Waals surface area contributed by atoms with E-state index in [0.29, 0.717) is 18.7 Å². The lowest BCUT2D eigenvalue weighted by molar-refractivity contribution is 0.389. The maximum Gasteiger partial charge on any atom is 0.219 e. The van der Waals surface area contributed by atoms with Gasteiger partial charge >= 0.3 is 0 Å². The molecule has 162 valence electrons. The summed E-state index contributed by atoms with van der Waals surface area (Å²) in [5.74, 6) is -0.123. The maximum absolute atomic E-state index is 14.1. The Balaban J connectivity index is 1.62. The SMILES string of the molecule is Cc1cc(Nc2ncccc2C)cc([C@H]2CCCN2S(=O)(=O)Cc2ccccc2F)n1. The first-order valence-electron chi connectivity index (χ1n) is 10.2. The first-order valence-corrected chi connectivity index (χ1v) is 11.8. The van der Waals surface area contributed by atoms with Gasteiger partial charge in [0.15, 0.2) is 0 Å². The van der Waals surface area contributed by atoms with Crippen molar-refractivity contribution < 1.29 is 12.8 Å². The molecule has 1 aromatic carbocycles. The fourth-order valence-electron chi connectivity index (χ4n) is 3.95. The predicted octanol–water partition coefficient (Wildman–Crippen LogP) is 4.64. The zero-order valence-electron chi connectivity index (χ0n) is 17.5. The van der Waals surface area contributed by atoms with E-state index in [1.807, 2.05) is 38.1 Å². The van der Waals surface area contributed by atoms with E-state index in [0.717, 1.165) is 29.2 Å². The highest BCUT2D eigenvalue weighted by Gasteiger charge is 2.36. The summed E-state index contributed by atoms with van der Waals surface area (Å²) < 4.78 is 41.8. The topological polar surface area (TPSA) is 75.2 Å². The molecule has 1 fully saturated rings. The normalized spacial score (nSPS) is 17.1. The summed E-state index contributed by atoms with van der Waals surface area (Å²) in [5, 5.41) is 3.31. The van der Waals surface area contributed by atoms with Gasteiger partial charge in [-0.3, -0.25) is 4.98 Å². The zero-order chi connectivity index (χ0) is 22.0. The molecule has 1 N–H and O–H groups in total. The van der Waals surface area contributed by atoms with Crippen LogP contribution in [-0.2, 0) is 15.8 Å². The van der Waals surface area contributed by atoms with E-state index in [2.05, 4.69) is 15.3 Å². The van der Waals surface area contributed by atoms with Crippen molar-refractivity contribution in [3.05, 3.63) is 83.1 Å². The van der Waals surface area contributed by atoms with Crippen LogP contribution in [0.4, 0.5) is 15.9 Å². The van der Waals surface area contributed by atoms with Crippen molar-refractivity contribution in [3.8, 4) is 0 Å². The molecule has 0 radical (unpaired) electrons. The van der Waals surface area contributed by atoms with Gasteiger partial charge in [-0.15, -0.1) is 0 Å². The van der Waals surface area contributed by atoms with Gasteiger partial charge in [0.2, 0.25) is 10.0 Å². The first kappa shape index (κ1) is 21.4. The molecule has 8 heteroatoms. The second kappa shape index (κ2) is 8.72. The quantitative estimate of drug-likeness (QED) is 0.604. The average Bonchev–Trinajstić information content (AvgIpc) is 3.22. The molecule has 1 aliphatic heterocycles. The summed E-state index contributed by atoms with van der Waals surface area (Å²) in [6.45, 7) is 4.25. The van der Waals surface area contributed by atoms with Gasteiger partial charge in [-0.1, -0.05) is 24.3 Å². The molecule has 0 aliphatic carbocycles. The van der Waals surface area contributed by atoms with E-state index in [1.54, 1.807) is 18.3 Å². The smallest absolute Gasteiger partial charge is 0.219 e. The standard InChI is InChI=1S/C23H25FN4O2S/c1-16-7-5-11-25-23(16)27-19-13-17(2)26-21(14-19)22-10-6-12-28(22)31(29,30)15-18-8-3-4-9-20(18)24/h3-5,7-9,11,13-14,22H,6,10,12,15H2,1-2H3,(H,25,26,27)/t22-/m1/s1. The highest BCUT2D eigenvalue weighted by Crippen LogP contribution is 2.36. The summed E-state index contributed by atoms with van der Waals surface area (Å²) >= 11 is 0. The molecule has 6 nitrogen and oxygen atoms in total. The third-order valence-corrected chi connectivity index (χ3v) is 7.27. The molecule has 1 atom stereocenters. The number of hydrogen-bond donors (Lipinski definition) is 1. The minimum Gasteiger partial charge on any atom is -0.340 e. The molecule has 4 rings (SSSR count). The molecule has 2 aromatic heterocycles. The van der Waals surface area contributed by atoms with Crippen LogP contribution in [0, 0.1) is 19.7 Å². The zero-order valence-corrected chi connectivity index (χ0v) is 18.4. The Morgan fingerprint density at radius 2 is 1.97 bits per heavy atom. The van der Waals surface area contributed by atoms with E-state index >= 15 is 0 Å². The Hall–Kier alpha value is -2.84. The Labute approximate surface area is 182 Å². The monoisotopic (exact) mass is 440 g/mol. The number of nitrogens with zero attached hydrogens (tertiary/aromatic N) is 3. The van der Waals surface area contributed by atoms with Gasteiger partial charge < -0.3 is 5.32 Å². The lowest BCUT2D eigenvalue weighted by Crippen LogP contribution is -2.32. The van der Waals surface area contributed by atoms with Crippen molar-refractivity contribution in [1.29, 1.82) is 0 Å². The van der Waals surface area contributed by atoms with Gasteiger partial charge in [0.05, 0.1) is 17.5 Å². The number of hydrogen-bond acceptors (Lipinski definition) is 5. The lowest BCUT2D eigenvalue weighted by Gasteiger charge is -2.24. The largest absolute Gasteiger partial charge is 0.340 e. The molecule has 31 heavy (non-hydrogen) atoms. The highest BCUT2D eigenvalue weighted by molar-refractivity contribution is 7.88. The summed E-state index contributed by atoms with van der Waals surface area (Å²) in [4.78, 5) is 8.99. The fraction of sp³-hybridized carbons (Fsp3) is 0.304.